The Hall–Kier alpha value is -2.28. The number of amides is 1. The summed E-state index contributed by atoms with van der Waals surface area (Å²) in [5.41, 5.74) is 3.07. The van der Waals surface area contributed by atoms with Gasteiger partial charge in [0.1, 0.15) is 11.6 Å². The van der Waals surface area contributed by atoms with E-state index < -0.39 is 0 Å². The Balaban J connectivity index is 2.98. The first-order chi connectivity index (χ1) is 11.6. The van der Waals surface area contributed by atoms with Gasteiger partial charge in [-0.15, -0.1) is 0 Å². The predicted molar refractivity (Wildman–Crippen MR) is 99.7 cm³/mol. The third-order valence-corrected chi connectivity index (χ3v) is 3.96. The molecule has 0 aliphatic carbocycles. The van der Waals surface area contributed by atoms with Crippen molar-refractivity contribution in [1.29, 1.82) is 5.26 Å². The molecule has 1 rings (SSSR count). The number of anilines is 1. The lowest BCUT2D eigenvalue weighted by Crippen LogP contribution is -2.23. The highest BCUT2D eigenvalue weighted by molar-refractivity contribution is 6.07. The number of hydrogen-bond donors (Lipinski definition) is 1. The zero-order valence-electron chi connectivity index (χ0n) is 15.4. The molecule has 0 bridgehead atoms. The number of rotatable bonds is 9. The van der Waals surface area contributed by atoms with Gasteiger partial charge in [0, 0.05) is 25.0 Å². The number of carbonyl (C=O) groups is 1. The van der Waals surface area contributed by atoms with Gasteiger partial charge in [-0.2, -0.15) is 5.26 Å². The van der Waals surface area contributed by atoms with Crippen LogP contribution in [0.3, 0.4) is 0 Å². The molecule has 0 heterocycles. The Morgan fingerprint density at radius 2 is 2.00 bits per heavy atom. The molecule has 0 aliphatic rings. The van der Waals surface area contributed by atoms with Crippen molar-refractivity contribution >= 4 is 11.6 Å². The summed E-state index contributed by atoms with van der Waals surface area (Å²) in [4.78, 5) is 14.6. The van der Waals surface area contributed by atoms with Gasteiger partial charge < -0.3 is 10.2 Å². The molecule has 0 spiro atoms. The molecule has 0 aliphatic heterocycles. The van der Waals surface area contributed by atoms with Crippen molar-refractivity contribution in [1.82, 2.24) is 4.90 Å². The summed E-state index contributed by atoms with van der Waals surface area (Å²) in [6.45, 7) is 9.97. The van der Waals surface area contributed by atoms with E-state index in [1.165, 1.54) is 0 Å². The highest BCUT2D eigenvalue weighted by Crippen LogP contribution is 2.21. The van der Waals surface area contributed by atoms with Crippen molar-refractivity contribution in [2.24, 2.45) is 0 Å². The van der Waals surface area contributed by atoms with Gasteiger partial charge >= 0.3 is 0 Å². The number of aryl methyl sites for hydroxylation is 2. The van der Waals surface area contributed by atoms with Gasteiger partial charge in [0.2, 0.25) is 0 Å². The quantitative estimate of drug-likeness (QED) is 0.540. The SMILES string of the molecule is CCCCN(/C=C(/C#N)C(=O)Nc1c(C)cccc1CC)CCC. The van der Waals surface area contributed by atoms with Gasteiger partial charge in [-0.05, 0) is 37.3 Å². The van der Waals surface area contributed by atoms with Crippen molar-refractivity contribution in [3.05, 3.63) is 41.1 Å². The lowest BCUT2D eigenvalue weighted by atomic mass is 10.1. The zero-order valence-corrected chi connectivity index (χ0v) is 15.4. The molecule has 0 saturated carbocycles. The van der Waals surface area contributed by atoms with Crippen LogP contribution in [0.25, 0.3) is 0 Å². The van der Waals surface area contributed by atoms with E-state index in [1.54, 1.807) is 6.20 Å². The fraction of sp³-hybridized carbons (Fsp3) is 0.500. The number of nitrogens with one attached hydrogen (secondary N) is 1. The third-order valence-electron chi connectivity index (χ3n) is 3.96. The minimum absolute atomic E-state index is 0.157. The second-order valence-electron chi connectivity index (χ2n) is 5.96. The molecule has 0 radical (unpaired) electrons. The molecule has 4 nitrogen and oxygen atoms in total. The van der Waals surface area contributed by atoms with E-state index in [0.29, 0.717) is 0 Å². The van der Waals surface area contributed by atoms with Crippen LogP contribution in [0.4, 0.5) is 5.69 Å². The second-order valence-corrected chi connectivity index (χ2v) is 5.96. The first-order valence-electron chi connectivity index (χ1n) is 8.83. The summed E-state index contributed by atoms with van der Waals surface area (Å²) in [7, 11) is 0. The fourth-order valence-electron chi connectivity index (χ4n) is 2.59. The zero-order chi connectivity index (χ0) is 17.9. The molecule has 130 valence electrons. The Kier molecular flexibility index (Phi) is 8.64. The Bertz CT molecular complexity index is 614. The summed E-state index contributed by atoms with van der Waals surface area (Å²) in [5, 5.41) is 12.3. The Morgan fingerprint density at radius 3 is 2.58 bits per heavy atom. The first-order valence-corrected chi connectivity index (χ1v) is 8.83. The maximum atomic E-state index is 12.5. The third kappa shape index (κ3) is 5.73. The van der Waals surface area contributed by atoms with Crippen LogP contribution in [-0.4, -0.2) is 23.9 Å². The number of para-hydroxylation sites is 1. The molecule has 0 aromatic heterocycles. The average Bonchev–Trinajstić information content (AvgIpc) is 2.58. The van der Waals surface area contributed by atoms with Crippen LogP contribution in [-0.2, 0) is 11.2 Å². The summed E-state index contributed by atoms with van der Waals surface area (Å²) >= 11 is 0. The monoisotopic (exact) mass is 327 g/mol. The van der Waals surface area contributed by atoms with Gasteiger partial charge in [0.25, 0.3) is 5.91 Å². The van der Waals surface area contributed by atoms with Crippen molar-refractivity contribution < 1.29 is 4.79 Å². The van der Waals surface area contributed by atoms with E-state index in [-0.39, 0.29) is 11.5 Å². The van der Waals surface area contributed by atoms with Gasteiger partial charge in [-0.1, -0.05) is 45.4 Å². The summed E-state index contributed by atoms with van der Waals surface area (Å²) in [5.74, 6) is -0.334. The highest BCUT2D eigenvalue weighted by Gasteiger charge is 2.14. The Morgan fingerprint density at radius 1 is 1.25 bits per heavy atom. The van der Waals surface area contributed by atoms with Crippen LogP contribution < -0.4 is 5.32 Å². The van der Waals surface area contributed by atoms with Crippen molar-refractivity contribution in [2.75, 3.05) is 18.4 Å². The largest absolute Gasteiger partial charge is 0.376 e. The van der Waals surface area contributed by atoms with Crippen molar-refractivity contribution in [2.45, 2.75) is 53.4 Å². The molecule has 0 saturated heterocycles. The first kappa shape index (κ1) is 19.8. The van der Waals surface area contributed by atoms with Crippen LogP contribution in [0.2, 0.25) is 0 Å². The van der Waals surface area contributed by atoms with Gasteiger partial charge in [-0.25, -0.2) is 0 Å². The number of carbonyl (C=O) groups excluding carboxylic acids is 1. The molecule has 1 amide bonds. The van der Waals surface area contributed by atoms with E-state index in [9.17, 15) is 10.1 Å². The number of benzene rings is 1. The maximum Gasteiger partial charge on any atom is 0.267 e. The van der Waals surface area contributed by atoms with E-state index in [2.05, 4.69) is 37.1 Å². The van der Waals surface area contributed by atoms with Crippen LogP contribution >= 0.6 is 0 Å². The number of nitrogens with zero attached hydrogens (tertiary/aromatic N) is 2. The van der Waals surface area contributed by atoms with E-state index >= 15 is 0 Å². The normalized spacial score (nSPS) is 11.0. The fourth-order valence-corrected chi connectivity index (χ4v) is 2.59. The smallest absolute Gasteiger partial charge is 0.267 e. The molecule has 0 fully saturated rings. The molecule has 4 heteroatoms. The molecular formula is C20H29N3O. The van der Waals surface area contributed by atoms with E-state index in [1.807, 2.05) is 25.1 Å². The van der Waals surface area contributed by atoms with E-state index in [0.717, 1.165) is 55.6 Å². The van der Waals surface area contributed by atoms with Crippen molar-refractivity contribution in [3.63, 3.8) is 0 Å². The molecular weight excluding hydrogens is 298 g/mol. The minimum Gasteiger partial charge on any atom is -0.376 e. The summed E-state index contributed by atoms with van der Waals surface area (Å²) in [6.07, 6.45) is 5.66. The summed E-state index contributed by atoms with van der Waals surface area (Å²) in [6, 6.07) is 8.01. The topological polar surface area (TPSA) is 56.1 Å². The standard InChI is InChI=1S/C20H29N3O/c1-5-8-13-23(12-6-2)15-18(14-21)20(24)22-19-16(4)10-9-11-17(19)7-3/h9-11,15H,5-8,12-13H2,1-4H3,(H,22,24)/b18-15-. The molecule has 0 unspecified atom stereocenters. The lowest BCUT2D eigenvalue weighted by Gasteiger charge is -2.20. The van der Waals surface area contributed by atoms with Crippen LogP contribution in [0.1, 0.15) is 51.2 Å². The van der Waals surface area contributed by atoms with Crippen LogP contribution in [0.5, 0.6) is 0 Å². The highest BCUT2D eigenvalue weighted by atomic mass is 16.1. The number of unbranched alkanes of at least 4 members (excludes halogenated alkanes) is 1. The molecule has 0 atom stereocenters. The molecule has 1 aromatic carbocycles. The summed E-state index contributed by atoms with van der Waals surface area (Å²) < 4.78 is 0. The maximum absolute atomic E-state index is 12.5. The number of nitriles is 1. The molecule has 1 N–H and O–H groups in total. The second kappa shape index (κ2) is 10.5. The predicted octanol–water partition coefficient (Wildman–Crippen LogP) is 4.42. The molecule has 1 aromatic rings. The average molecular weight is 327 g/mol. The van der Waals surface area contributed by atoms with Crippen LogP contribution in [0, 0.1) is 18.3 Å². The van der Waals surface area contributed by atoms with E-state index in [4.69, 9.17) is 0 Å². The molecule has 24 heavy (non-hydrogen) atoms. The van der Waals surface area contributed by atoms with Gasteiger partial charge in [0.15, 0.2) is 0 Å². The van der Waals surface area contributed by atoms with Gasteiger partial charge in [0.05, 0.1) is 0 Å². The van der Waals surface area contributed by atoms with Crippen LogP contribution in [0.15, 0.2) is 30.0 Å². The number of hydrogen-bond acceptors (Lipinski definition) is 3. The lowest BCUT2D eigenvalue weighted by molar-refractivity contribution is -0.112. The minimum atomic E-state index is -0.334. The van der Waals surface area contributed by atoms with Crippen molar-refractivity contribution in [3.8, 4) is 6.07 Å². The van der Waals surface area contributed by atoms with Gasteiger partial charge in [-0.3, -0.25) is 4.79 Å². The Labute approximate surface area is 146 Å².